The number of non-ortho nitro benzene ring substituents is 1. The molecule has 0 N–H and O–H groups in total. The molecule has 0 spiro atoms. The summed E-state index contributed by atoms with van der Waals surface area (Å²) < 4.78 is 5.16. The van der Waals surface area contributed by atoms with E-state index in [4.69, 9.17) is 4.74 Å². The average Bonchev–Trinajstić information content (AvgIpc) is 2.55. The molecule has 0 aliphatic carbocycles. The van der Waals surface area contributed by atoms with Gasteiger partial charge in [0.15, 0.2) is 0 Å². The van der Waals surface area contributed by atoms with Crippen molar-refractivity contribution in [1.29, 1.82) is 0 Å². The van der Waals surface area contributed by atoms with Gasteiger partial charge >= 0.3 is 5.97 Å². The van der Waals surface area contributed by atoms with Crippen LogP contribution >= 0.6 is 0 Å². The van der Waals surface area contributed by atoms with Gasteiger partial charge in [-0.25, -0.2) is 4.79 Å². The molecule has 0 amide bonds. The van der Waals surface area contributed by atoms with Crippen molar-refractivity contribution in [2.45, 2.75) is 19.3 Å². The first kappa shape index (κ1) is 15.7. The van der Waals surface area contributed by atoms with Gasteiger partial charge in [-0.05, 0) is 37.0 Å². The quantitative estimate of drug-likeness (QED) is 0.338. The van der Waals surface area contributed by atoms with Gasteiger partial charge in [0.25, 0.3) is 5.69 Å². The average molecular weight is 299 g/mol. The molecule has 0 aromatic heterocycles. The largest absolute Gasteiger partial charge is 0.462 e. The summed E-state index contributed by atoms with van der Waals surface area (Å²) in [5, 5.41) is 10.5. The highest BCUT2D eigenvalue weighted by atomic mass is 16.6. The van der Waals surface area contributed by atoms with Gasteiger partial charge in [0.05, 0.1) is 17.1 Å². The van der Waals surface area contributed by atoms with E-state index in [1.165, 1.54) is 29.8 Å². The molecular weight excluding hydrogens is 282 g/mol. The Labute approximate surface area is 128 Å². The van der Waals surface area contributed by atoms with E-state index in [1.807, 2.05) is 18.2 Å². The fourth-order valence-electron chi connectivity index (χ4n) is 2.04. The number of aryl methyl sites for hydroxylation is 1. The molecular formula is C17H17NO4. The van der Waals surface area contributed by atoms with Crippen molar-refractivity contribution in [2.24, 2.45) is 0 Å². The van der Waals surface area contributed by atoms with Crippen LogP contribution in [0.1, 0.15) is 28.8 Å². The van der Waals surface area contributed by atoms with Gasteiger partial charge in [-0.1, -0.05) is 30.3 Å². The molecule has 2 aromatic rings. The van der Waals surface area contributed by atoms with Crippen LogP contribution in [-0.4, -0.2) is 17.5 Å². The molecule has 2 aromatic carbocycles. The number of nitro benzene ring substituents is 1. The molecule has 114 valence electrons. The van der Waals surface area contributed by atoms with E-state index in [9.17, 15) is 14.9 Å². The number of rotatable bonds is 7. The molecule has 0 atom stereocenters. The number of hydrogen-bond donors (Lipinski definition) is 0. The summed E-state index contributed by atoms with van der Waals surface area (Å²) in [6.07, 6.45) is 2.68. The van der Waals surface area contributed by atoms with E-state index in [0.29, 0.717) is 12.2 Å². The minimum atomic E-state index is -0.501. The Hall–Kier alpha value is -2.69. The maximum absolute atomic E-state index is 11.8. The number of nitro groups is 1. The number of benzene rings is 2. The van der Waals surface area contributed by atoms with Crippen LogP contribution in [0.25, 0.3) is 0 Å². The molecule has 0 unspecified atom stereocenters. The lowest BCUT2D eigenvalue weighted by Gasteiger charge is -2.05. The second kappa shape index (κ2) is 7.93. The van der Waals surface area contributed by atoms with Gasteiger partial charge in [0.2, 0.25) is 0 Å². The van der Waals surface area contributed by atoms with Crippen molar-refractivity contribution in [3.05, 3.63) is 75.8 Å². The highest BCUT2D eigenvalue weighted by molar-refractivity contribution is 5.89. The Morgan fingerprint density at radius 2 is 1.68 bits per heavy atom. The molecule has 0 aliphatic heterocycles. The van der Waals surface area contributed by atoms with E-state index < -0.39 is 10.9 Å². The zero-order valence-corrected chi connectivity index (χ0v) is 12.1. The van der Waals surface area contributed by atoms with Crippen LogP contribution in [0, 0.1) is 10.1 Å². The number of hydrogen-bond acceptors (Lipinski definition) is 4. The smallest absolute Gasteiger partial charge is 0.338 e. The molecule has 0 fully saturated rings. The first-order chi connectivity index (χ1) is 10.7. The fraction of sp³-hybridized carbons (Fsp3) is 0.235. The molecule has 0 saturated carbocycles. The third-order valence-corrected chi connectivity index (χ3v) is 3.25. The number of carbonyl (C=O) groups excluding carboxylic acids is 1. The molecule has 0 heterocycles. The number of esters is 1. The van der Waals surface area contributed by atoms with Crippen molar-refractivity contribution < 1.29 is 14.5 Å². The van der Waals surface area contributed by atoms with Gasteiger partial charge in [-0.2, -0.15) is 0 Å². The first-order valence-electron chi connectivity index (χ1n) is 7.12. The highest BCUT2D eigenvalue weighted by Gasteiger charge is 2.10. The van der Waals surface area contributed by atoms with Crippen molar-refractivity contribution in [3.8, 4) is 0 Å². The fourth-order valence-corrected chi connectivity index (χ4v) is 2.04. The third kappa shape index (κ3) is 4.70. The Morgan fingerprint density at radius 1 is 1.00 bits per heavy atom. The van der Waals surface area contributed by atoms with Crippen molar-refractivity contribution in [3.63, 3.8) is 0 Å². The van der Waals surface area contributed by atoms with E-state index in [1.54, 1.807) is 0 Å². The van der Waals surface area contributed by atoms with Crippen LogP contribution in [0.2, 0.25) is 0 Å². The second-order valence-electron chi connectivity index (χ2n) is 4.88. The van der Waals surface area contributed by atoms with Crippen LogP contribution < -0.4 is 0 Å². The Balaban J connectivity index is 1.70. The van der Waals surface area contributed by atoms with Crippen LogP contribution in [0.4, 0.5) is 5.69 Å². The van der Waals surface area contributed by atoms with Crippen LogP contribution in [0.15, 0.2) is 54.6 Å². The minimum Gasteiger partial charge on any atom is -0.462 e. The first-order valence-corrected chi connectivity index (χ1v) is 7.12. The van der Waals surface area contributed by atoms with Crippen LogP contribution in [0.3, 0.4) is 0 Å². The topological polar surface area (TPSA) is 69.4 Å². The van der Waals surface area contributed by atoms with Gasteiger partial charge in [0.1, 0.15) is 0 Å². The zero-order valence-electron chi connectivity index (χ0n) is 12.1. The third-order valence-electron chi connectivity index (χ3n) is 3.25. The van der Waals surface area contributed by atoms with Gasteiger partial charge in [-0.3, -0.25) is 10.1 Å². The molecule has 0 radical (unpaired) electrons. The summed E-state index contributed by atoms with van der Waals surface area (Å²) in [5.41, 5.74) is 1.55. The van der Waals surface area contributed by atoms with E-state index in [-0.39, 0.29) is 5.69 Å². The molecule has 5 nitrogen and oxygen atoms in total. The normalized spacial score (nSPS) is 10.2. The lowest BCUT2D eigenvalue weighted by molar-refractivity contribution is -0.384. The van der Waals surface area contributed by atoms with Crippen molar-refractivity contribution in [1.82, 2.24) is 0 Å². The van der Waals surface area contributed by atoms with Gasteiger partial charge in [0, 0.05) is 12.1 Å². The maximum Gasteiger partial charge on any atom is 0.338 e. The summed E-state index contributed by atoms with van der Waals surface area (Å²) in [6.45, 7) is 0.350. The SMILES string of the molecule is O=C(OCCCCc1ccccc1)c1ccc([N+](=O)[O-])cc1. The Morgan fingerprint density at radius 3 is 2.32 bits per heavy atom. The molecule has 5 heteroatoms. The maximum atomic E-state index is 11.8. The van der Waals surface area contributed by atoms with Gasteiger partial charge < -0.3 is 4.74 Å². The van der Waals surface area contributed by atoms with E-state index in [2.05, 4.69) is 12.1 Å². The molecule has 2 rings (SSSR count). The molecule has 0 bridgehead atoms. The van der Waals surface area contributed by atoms with E-state index >= 15 is 0 Å². The minimum absolute atomic E-state index is 0.0422. The Kier molecular flexibility index (Phi) is 5.65. The predicted molar refractivity (Wildman–Crippen MR) is 82.8 cm³/mol. The van der Waals surface area contributed by atoms with Crippen molar-refractivity contribution >= 4 is 11.7 Å². The number of carbonyl (C=O) groups is 1. The van der Waals surface area contributed by atoms with Gasteiger partial charge in [-0.15, -0.1) is 0 Å². The number of ether oxygens (including phenoxy) is 1. The summed E-state index contributed by atoms with van der Waals surface area (Å²) in [7, 11) is 0. The molecule has 0 aliphatic rings. The lowest BCUT2D eigenvalue weighted by Crippen LogP contribution is -2.06. The molecule has 22 heavy (non-hydrogen) atoms. The zero-order chi connectivity index (χ0) is 15.8. The summed E-state index contributed by atoms with van der Waals surface area (Å²) in [4.78, 5) is 21.8. The predicted octanol–water partition coefficient (Wildman–Crippen LogP) is 3.77. The van der Waals surface area contributed by atoms with Crippen molar-refractivity contribution in [2.75, 3.05) is 6.61 Å². The lowest BCUT2D eigenvalue weighted by atomic mass is 10.1. The summed E-state index contributed by atoms with van der Waals surface area (Å²) in [5.74, 6) is -0.449. The monoisotopic (exact) mass is 299 g/mol. The van der Waals surface area contributed by atoms with Crippen LogP contribution in [-0.2, 0) is 11.2 Å². The highest BCUT2D eigenvalue weighted by Crippen LogP contribution is 2.13. The van der Waals surface area contributed by atoms with E-state index in [0.717, 1.165) is 19.3 Å². The summed E-state index contributed by atoms with van der Waals surface area (Å²) in [6, 6.07) is 15.5. The Bertz CT molecular complexity index is 623. The van der Waals surface area contributed by atoms with Crippen LogP contribution in [0.5, 0.6) is 0 Å². The number of unbranched alkanes of at least 4 members (excludes halogenated alkanes) is 1. The second-order valence-corrected chi connectivity index (χ2v) is 4.88. The number of nitrogens with zero attached hydrogens (tertiary/aromatic N) is 1. The molecule has 0 saturated heterocycles. The standard InChI is InChI=1S/C17H17NO4/c19-17(15-9-11-16(12-10-15)18(20)21)22-13-5-4-8-14-6-2-1-3-7-14/h1-3,6-7,9-12H,4-5,8,13H2. The summed E-state index contributed by atoms with van der Waals surface area (Å²) >= 11 is 0.